The van der Waals surface area contributed by atoms with Gasteiger partial charge in [-0.05, 0) is 49.8 Å². The molecule has 0 saturated carbocycles. The van der Waals surface area contributed by atoms with Gasteiger partial charge in [0.1, 0.15) is 11.8 Å². The van der Waals surface area contributed by atoms with E-state index in [9.17, 15) is 19.5 Å². The monoisotopic (exact) mass is 617 g/mol. The third-order valence-corrected chi connectivity index (χ3v) is 9.42. The maximum atomic E-state index is 13.9. The van der Waals surface area contributed by atoms with E-state index in [4.69, 9.17) is 4.74 Å². The zero-order chi connectivity index (χ0) is 31.5. The quantitative estimate of drug-likeness (QED) is 0.371. The van der Waals surface area contributed by atoms with Gasteiger partial charge >= 0.3 is 11.7 Å². The lowest BCUT2D eigenvalue weighted by molar-refractivity contribution is -0.135. The van der Waals surface area contributed by atoms with E-state index in [-0.39, 0.29) is 29.4 Å². The number of aromatic amines is 1. The minimum atomic E-state index is -0.748. The average Bonchev–Trinajstić information content (AvgIpc) is 3.74. The summed E-state index contributed by atoms with van der Waals surface area (Å²) in [4.78, 5) is 49.1. The molecule has 3 saturated heterocycles. The smallest absolute Gasteiger partial charge is 0.343 e. The molecular weight excluding hydrogens is 574 g/mol. The number of H-pyrrole nitrogens is 1. The maximum absolute atomic E-state index is 13.9. The molecule has 0 bridgehead atoms. The van der Waals surface area contributed by atoms with Gasteiger partial charge in [0.15, 0.2) is 5.82 Å². The van der Waals surface area contributed by atoms with Crippen LogP contribution < -0.4 is 11.0 Å². The van der Waals surface area contributed by atoms with Crippen molar-refractivity contribution in [2.45, 2.75) is 57.7 Å². The average molecular weight is 618 g/mol. The van der Waals surface area contributed by atoms with Crippen LogP contribution in [0.3, 0.4) is 0 Å². The number of carbonyl (C=O) groups excluding carboxylic acids is 2. The molecule has 3 aromatic rings. The summed E-state index contributed by atoms with van der Waals surface area (Å²) in [5.74, 6) is 0.673. The van der Waals surface area contributed by atoms with E-state index in [0.29, 0.717) is 57.3 Å². The molecule has 45 heavy (non-hydrogen) atoms. The number of nitrogens with zero attached hydrogens (tertiary/aromatic N) is 5. The second kappa shape index (κ2) is 13.5. The van der Waals surface area contributed by atoms with Crippen LogP contribution in [0.2, 0.25) is 0 Å². The summed E-state index contributed by atoms with van der Waals surface area (Å²) in [5.41, 5.74) is 2.94. The first-order valence-corrected chi connectivity index (χ1v) is 16.0. The molecule has 3 fully saturated rings. The molecule has 6 rings (SSSR count). The minimum absolute atomic E-state index is 0.0968. The molecule has 240 valence electrons. The van der Waals surface area contributed by atoms with E-state index in [1.165, 1.54) is 4.68 Å². The van der Waals surface area contributed by atoms with Crippen LogP contribution in [0.4, 0.5) is 4.79 Å². The molecule has 3 aliphatic rings. The van der Waals surface area contributed by atoms with Crippen LogP contribution in [0.1, 0.15) is 42.0 Å². The Hall–Kier alpha value is -4.16. The normalized spacial score (nSPS) is 20.4. The Bertz CT molecular complexity index is 1530. The van der Waals surface area contributed by atoms with Crippen LogP contribution in [0.15, 0.2) is 47.3 Å². The van der Waals surface area contributed by atoms with Gasteiger partial charge in [0.05, 0.1) is 12.6 Å². The van der Waals surface area contributed by atoms with E-state index >= 15 is 0 Å². The van der Waals surface area contributed by atoms with Gasteiger partial charge in [-0.2, -0.15) is 0 Å². The zero-order valence-electron chi connectivity index (χ0n) is 26.1. The number of aryl methyl sites for hydroxylation is 2. The molecule has 1 aromatic heterocycles. The van der Waals surface area contributed by atoms with Crippen LogP contribution in [-0.2, 0) is 16.0 Å². The van der Waals surface area contributed by atoms with Gasteiger partial charge in [0.25, 0.3) is 0 Å². The Balaban J connectivity index is 1.11. The van der Waals surface area contributed by atoms with Crippen molar-refractivity contribution in [2.24, 2.45) is 0 Å². The standard InChI is InChI=1S/C33H43N7O5/c1-22-18-24(19-23(2)29(22)41)20-28(31(42)38-15-13-37(14-16-38)27-10-17-45-21-27)34-32(43)39-11-8-26(9-12-39)40-33(44)35-30(36-40)25-6-4-3-5-7-25/h3-7,18-19,26-28,41H,8-17,20-21H2,1-2H3,(H,34,43)(H,35,36,44)/t27?,28-/m1/s1. The fraction of sp³-hybridized carbons (Fsp3) is 0.515. The minimum Gasteiger partial charge on any atom is -0.507 e. The number of nitrogens with one attached hydrogen (secondary N) is 2. The Labute approximate surface area is 263 Å². The predicted molar refractivity (Wildman–Crippen MR) is 169 cm³/mol. The van der Waals surface area contributed by atoms with Crippen molar-refractivity contribution in [2.75, 3.05) is 52.5 Å². The summed E-state index contributed by atoms with van der Waals surface area (Å²) in [5, 5.41) is 17.9. The van der Waals surface area contributed by atoms with Gasteiger partial charge in [-0.15, -0.1) is 5.10 Å². The molecule has 3 aliphatic heterocycles. The zero-order valence-corrected chi connectivity index (χ0v) is 26.1. The highest BCUT2D eigenvalue weighted by molar-refractivity contribution is 5.87. The predicted octanol–water partition coefficient (Wildman–Crippen LogP) is 2.45. The first kappa shape index (κ1) is 30.8. The fourth-order valence-electron chi connectivity index (χ4n) is 6.80. The molecule has 12 heteroatoms. The number of rotatable bonds is 7. The van der Waals surface area contributed by atoms with Crippen LogP contribution in [-0.4, -0.2) is 111 Å². The summed E-state index contributed by atoms with van der Waals surface area (Å²) in [6.07, 6.45) is 2.50. The Morgan fingerprint density at radius 1 is 0.978 bits per heavy atom. The lowest BCUT2D eigenvalue weighted by Gasteiger charge is -2.39. The van der Waals surface area contributed by atoms with Crippen LogP contribution in [0.5, 0.6) is 5.75 Å². The molecular formula is C33H43N7O5. The van der Waals surface area contributed by atoms with E-state index < -0.39 is 6.04 Å². The number of aromatic nitrogens is 3. The van der Waals surface area contributed by atoms with E-state index in [2.05, 4.69) is 20.3 Å². The van der Waals surface area contributed by atoms with Crippen molar-refractivity contribution in [3.63, 3.8) is 0 Å². The largest absolute Gasteiger partial charge is 0.507 e. The van der Waals surface area contributed by atoms with E-state index in [1.54, 1.807) is 4.90 Å². The Morgan fingerprint density at radius 3 is 2.31 bits per heavy atom. The fourth-order valence-corrected chi connectivity index (χ4v) is 6.80. The SMILES string of the molecule is Cc1cc(C[C@@H](NC(=O)N2CCC(n3nc(-c4ccccc4)[nH]c3=O)CC2)C(=O)N2CCN(C3CCOC3)CC2)cc(C)c1O. The maximum Gasteiger partial charge on any atom is 0.343 e. The van der Waals surface area contributed by atoms with Crippen molar-refractivity contribution in [3.05, 3.63) is 69.6 Å². The summed E-state index contributed by atoms with van der Waals surface area (Å²) in [6, 6.07) is 12.5. The number of benzene rings is 2. The molecule has 12 nitrogen and oxygen atoms in total. The van der Waals surface area contributed by atoms with Crippen molar-refractivity contribution in [1.29, 1.82) is 0 Å². The first-order chi connectivity index (χ1) is 21.8. The van der Waals surface area contributed by atoms with Gasteiger partial charge in [-0.25, -0.2) is 14.3 Å². The van der Waals surface area contributed by atoms with Gasteiger partial charge in [0.2, 0.25) is 5.91 Å². The lowest BCUT2D eigenvalue weighted by Crippen LogP contribution is -2.58. The third kappa shape index (κ3) is 6.91. The highest BCUT2D eigenvalue weighted by Gasteiger charge is 2.34. The number of hydrogen-bond acceptors (Lipinski definition) is 7. The van der Waals surface area contributed by atoms with Crippen LogP contribution in [0, 0.1) is 13.8 Å². The van der Waals surface area contributed by atoms with Gasteiger partial charge in [-0.1, -0.05) is 42.5 Å². The molecule has 2 aromatic carbocycles. The number of piperidine rings is 1. The molecule has 3 amide bonds. The number of aromatic hydroxyl groups is 1. The number of piperazine rings is 1. The lowest BCUT2D eigenvalue weighted by atomic mass is 9.99. The molecule has 4 heterocycles. The molecule has 0 aliphatic carbocycles. The number of phenolic OH excluding ortho intramolecular Hbond substituents is 1. The van der Waals surface area contributed by atoms with Gasteiger partial charge in [-0.3, -0.25) is 14.7 Å². The van der Waals surface area contributed by atoms with Crippen LogP contribution >= 0.6 is 0 Å². The second-order valence-corrected chi connectivity index (χ2v) is 12.5. The number of hydrogen-bond donors (Lipinski definition) is 3. The highest BCUT2D eigenvalue weighted by atomic mass is 16.5. The van der Waals surface area contributed by atoms with Gasteiger partial charge in [0, 0.05) is 63.9 Å². The number of amides is 3. The summed E-state index contributed by atoms with van der Waals surface area (Å²) < 4.78 is 7.06. The van der Waals surface area contributed by atoms with Gasteiger partial charge < -0.3 is 25.0 Å². The first-order valence-electron chi connectivity index (χ1n) is 16.0. The Morgan fingerprint density at radius 2 is 1.67 bits per heavy atom. The Kier molecular flexibility index (Phi) is 9.22. The molecule has 3 N–H and O–H groups in total. The summed E-state index contributed by atoms with van der Waals surface area (Å²) >= 11 is 0. The van der Waals surface area contributed by atoms with Crippen molar-refractivity contribution in [1.82, 2.24) is 34.8 Å². The topological polar surface area (TPSA) is 136 Å². The number of urea groups is 1. The van der Waals surface area contributed by atoms with Crippen molar-refractivity contribution >= 4 is 11.9 Å². The van der Waals surface area contributed by atoms with E-state index in [1.807, 2.05) is 61.2 Å². The molecule has 2 atom stereocenters. The molecule has 0 radical (unpaired) electrons. The molecule has 1 unspecified atom stereocenters. The van der Waals surface area contributed by atoms with Crippen molar-refractivity contribution in [3.8, 4) is 17.1 Å². The number of carbonyl (C=O) groups is 2. The summed E-state index contributed by atoms with van der Waals surface area (Å²) in [6.45, 7) is 8.85. The summed E-state index contributed by atoms with van der Waals surface area (Å²) in [7, 11) is 0. The van der Waals surface area contributed by atoms with Crippen molar-refractivity contribution < 1.29 is 19.4 Å². The number of phenols is 1. The number of likely N-dealkylation sites (tertiary alicyclic amines) is 1. The highest BCUT2D eigenvalue weighted by Crippen LogP contribution is 2.25. The second-order valence-electron chi connectivity index (χ2n) is 12.5. The number of ether oxygens (including phenoxy) is 1. The molecule has 0 spiro atoms. The van der Waals surface area contributed by atoms with E-state index in [0.717, 1.165) is 55.0 Å². The van der Waals surface area contributed by atoms with Crippen LogP contribution in [0.25, 0.3) is 11.4 Å². The third-order valence-electron chi connectivity index (χ3n) is 9.42.